The predicted octanol–water partition coefficient (Wildman–Crippen LogP) is 3.08. The number of halogens is 1. The topological polar surface area (TPSA) is 33.1 Å². The molecule has 0 saturated heterocycles. The predicted molar refractivity (Wildman–Crippen MR) is 72.2 cm³/mol. The first-order valence-corrected chi connectivity index (χ1v) is 6.11. The van der Waals surface area contributed by atoms with Crippen molar-refractivity contribution in [2.45, 2.75) is 13.0 Å². The highest BCUT2D eigenvalue weighted by Gasteiger charge is 2.12. The lowest BCUT2D eigenvalue weighted by atomic mass is 10.00. The van der Waals surface area contributed by atoms with Gasteiger partial charge in [0, 0.05) is 11.8 Å². The van der Waals surface area contributed by atoms with E-state index in [0.29, 0.717) is 0 Å². The molecule has 0 amide bonds. The summed E-state index contributed by atoms with van der Waals surface area (Å²) in [6.45, 7) is 1.99. The smallest absolute Gasteiger partial charge is 0.106 e. The van der Waals surface area contributed by atoms with E-state index in [1.807, 2.05) is 43.3 Å². The van der Waals surface area contributed by atoms with Crippen LogP contribution in [-0.2, 0) is 0 Å². The largest absolute Gasteiger partial charge is 0.384 e. The summed E-state index contributed by atoms with van der Waals surface area (Å²) in [7, 11) is 0. The Morgan fingerprint density at radius 3 is 2.56 bits per heavy atom. The van der Waals surface area contributed by atoms with Crippen LogP contribution < -0.4 is 0 Å². The van der Waals surface area contributed by atoms with Gasteiger partial charge in [0.15, 0.2) is 0 Å². The number of aromatic nitrogens is 1. The van der Waals surface area contributed by atoms with E-state index in [9.17, 15) is 5.11 Å². The van der Waals surface area contributed by atoms with Gasteiger partial charge in [-0.25, -0.2) is 4.98 Å². The lowest BCUT2D eigenvalue weighted by Crippen LogP contribution is -2.03. The summed E-state index contributed by atoms with van der Waals surface area (Å²) in [6, 6.07) is 11.6. The number of nitrogens with zero attached hydrogens (tertiary/aromatic N) is 1. The molecule has 0 aliphatic rings. The summed E-state index contributed by atoms with van der Waals surface area (Å²) in [5.74, 6) is 0. The Morgan fingerprint density at radius 1 is 1.25 bits per heavy atom. The molecule has 2 rings (SSSR count). The number of aliphatic hydroxyl groups excluding tert-OH is 1. The molecule has 0 aliphatic carbocycles. The van der Waals surface area contributed by atoms with Gasteiger partial charge in [-0.3, -0.25) is 0 Å². The number of aliphatic hydroxyl groups is 1. The molecule has 1 aromatic carbocycles. The van der Waals surface area contributed by atoms with Crippen LogP contribution in [0.25, 0.3) is 0 Å². The van der Waals surface area contributed by atoms with Crippen molar-refractivity contribution < 1.29 is 5.11 Å². The van der Waals surface area contributed by atoms with E-state index in [1.54, 1.807) is 6.20 Å². The molecule has 0 radical (unpaired) electrons. The number of hydrogen-bond acceptors (Lipinski definition) is 2. The molecule has 1 atom stereocenters. The van der Waals surface area contributed by atoms with E-state index in [1.165, 1.54) is 0 Å². The average molecular weight is 325 g/mol. The van der Waals surface area contributed by atoms with Crippen LogP contribution in [0, 0.1) is 10.6 Å². The first-order valence-electron chi connectivity index (χ1n) is 5.03. The molecule has 1 heterocycles. The van der Waals surface area contributed by atoms with Crippen LogP contribution in [0.4, 0.5) is 0 Å². The third kappa shape index (κ3) is 2.41. The fourth-order valence-corrected chi connectivity index (χ4v) is 2.24. The van der Waals surface area contributed by atoms with Gasteiger partial charge < -0.3 is 5.11 Å². The Kier molecular flexibility index (Phi) is 3.56. The minimum Gasteiger partial charge on any atom is -0.384 e. The second-order valence-corrected chi connectivity index (χ2v) is 4.78. The van der Waals surface area contributed by atoms with E-state index in [-0.39, 0.29) is 0 Å². The van der Waals surface area contributed by atoms with Gasteiger partial charge in [-0.15, -0.1) is 0 Å². The molecule has 0 bridgehead atoms. The second-order valence-electron chi connectivity index (χ2n) is 3.68. The van der Waals surface area contributed by atoms with Crippen molar-refractivity contribution in [3.63, 3.8) is 0 Å². The summed E-state index contributed by atoms with van der Waals surface area (Å²) in [6.07, 6.45) is 1.15. The first-order chi connectivity index (χ1) is 7.68. The van der Waals surface area contributed by atoms with Crippen molar-refractivity contribution in [3.05, 3.63) is 63.0 Å². The molecule has 1 aromatic heterocycles. The average Bonchev–Trinajstić information content (AvgIpc) is 2.29. The molecule has 0 spiro atoms. The van der Waals surface area contributed by atoms with Gasteiger partial charge in [-0.2, -0.15) is 0 Å². The molecule has 82 valence electrons. The Bertz CT molecular complexity index is 485. The van der Waals surface area contributed by atoms with Crippen LogP contribution in [0.3, 0.4) is 0 Å². The molecule has 0 aliphatic heterocycles. The number of benzene rings is 1. The number of aryl methyl sites for hydroxylation is 1. The van der Waals surface area contributed by atoms with Gasteiger partial charge in [0.2, 0.25) is 0 Å². The van der Waals surface area contributed by atoms with Crippen molar-refractivity contribution in [1.29, 1.82) is 0 Å². The van der Waals surface area contributed by atoms with Crippen LogP contribution in [0.1, 0.15) is 22.8 Å². The first kappa shape index (κ1) is 11.5. The molecule has 16 heavy (non-hydrogen) atoms. The SMILES string of the molecule is Cc1cc(I)ncc1C(O)c1ccccc1. The fraction of sp³-hybridized carbons (Fsp3) is 0.154. The summed E-state index contributed by atoms with van der Waals surface area (Å²) in [4.78, 5) is 4.21. The Labute approximate surface area is 108 Å². The molecule has 0 saturated carbocycles. The van der Waals surface area contributed by atoms with Crippen molar-refractivity contribution in [3.8, 4) is 0 Å². The van der Waals surface area contributed by atoms with Crippen molar-refractivity contribution in [2.75, 3.05) is 0 Å². The van der Waals surface area contributed by atoms with Crippen LogP contribution in [0.5, 0.6) is 0 Å². The molecule has 2 nitrogen and oxygen atoms in total. The number of rotatable bonds is 2. The van der Waals surface area contributed by atoms with Crippen LogP contribution in [0.2, 0.25) is 0 Å². The molecule has 2 aromatic rings. The number of pyridine rings is 1. The zero-order valence-corrected chi connectivity index (χ0v) is 11.0. The van der Waals surface area contributed by atoms with Crippen molar-refractivity contribution in [2.24, 2.45) is 0 Å². The van der Waals surface area contributed by atoms with Crippen molar-refractivity contribution >= 4 is 22.6 Å². The quantitative estimate of drug-likeness (QED) is 0.680. The van der Waals surface area contributed by atoms with Gasteiger partial charge in [0.25, 0.3) is 0 Å². The van der Waals surface area contributed by atoms with Gasteiger partial charge >= 0.3 is 0 Å². The molecule has 0 fully saturated rings. The maximum absolute atomic E-state index is 10.2. The van der Waals surface area contributed by atoms with Gasteiger partial charge in [0.1, 0.15) is 9.80 Å². The highest BCUT2D eigenvalue weighted by atomic mass is 127. The monoisotopic (exact) mass is 325 g/mol. The number of hydrogen-bond donors (Lipinski definition) is 1. The van der Waals surface area contributed by atoms with Crippen LogP contribution in [-0.4, -0.2) is 10.1 Å². The molecule has 3 heteroatoms. The zero-order valence-electron chi connectivity index (χ0n) is 8.89. The van der Waals surface area contributed by atoms with Crippen LogP contribution >= 0.6 is 22.6 Å². The lowest BCUT2D eigenvalue weighted by molar-refractivity contribution is 0.219. The molecule has 1 N–H and O–H groups in total. The standard InChI is InChI=1S/C13H12INO/c1-9-7-12(14)15-8-11(9)13(16)10-5-3-2-4-6-10/h2-8,13,16H,1H3. The van der Waals surface area contributed by atoms with Crippen LogP contribution in [0.15, 0.2) is 42.6 Å². The van der Waals surface area contributed by atoms with E-state index in [2.05, 4.69) is 27.6 Å². The maximum Gasteiger partial charge on any atom is 0.106 e. The molecular weight excluding hydrogens is 313 g/mol. The zero-order chi connectivity index (χ0) is 11.5. The van der Waals surface area contributed by atoms with Gasteiger partial charge in [-0.1, -0.05) is 30.3 Å². The highest BCUT2D eigenvalue weighted by molar-refractivity contribution is 14.1. The lowest BCUT2D eigenvalue weighted by Gasteiger charge is -2.13. The normalized spacial score (nSPS) is 12.4. The second kappa shape index (κ2) is 4.93. The van der Waals surface area contributed by atoms with E-state index < -0.39 is 6.10 Å². The molecule has 1 unspecified atom stereocenters. The maximum atomic E-state index is 10.2. The van der Waals surface area contributed by atoms with Gasteiger partial charge in [0.05, 0.1) is 0 Å². The summed E-state index contributed by atoms with van der Waals surface area (Å²) >= 11 is 2.17. The Morgan fingerprint density at radius 2 is 1.94 bits per heavy atom. The van der Waals surface area contributed by atoms with E-state index >= 15 is 0 Å². The summed E-state index contributed by atoms with van der Waals surface area (Å²) in [5, 5.41) is 10.2. The van der Waals surface area contributed by atoms with Gasteiger partial charge in [-0.05, 0) is 46.7 Å². The summed E-state index contributed by atoms with van der Waals surface area (Å²) < 4.78 is 0.944. The van der Waals surface area contributed by atoms with E-state index in [4.69, 9.17) is 0 Å². The highest BCUT2D eigenvalue weighted by Crippen LogP contribution is 2.24. The van der Waals surface area contributed by atoms with E-state index in [0.717, 1.165) is 20.4 Å². The fourth-order valence-electron chi connectivity index (χ4n) is 1.63. The van der Waals surface area contributed by atoms with Crippen molar-refractivity contribution in [1.82, 2.24) is 4.98 Å². The minimum absolute atomic E-state index is 0.592. The molecular formula is C13H12INO. The minimum atomic E-state index is -0.592. The Hall–Kier alpha value is -0.940. The third-order valence-electron chi connectivity index (χ3n) is 2.53. The summed E-state index contributed by atoms with van der Waals surface area (Å²) in [5.41, 5.74) is 2.83. The Balaban J connectivity index is 2.38. The third-order valence-corrected chi connectivity index (χ3v) is 3.12.